The van der Waals surface area contributed by atoms with Gasteiger partial charge in [0.1, 0.15) is 5.82 Å². The van der Waals surface area contributed by atoms with Crippen molar-refractivity contribution in [3.8, 4) is 0 Å². The van der Waals surface area contributed by atoms with Crippen LogP contribution in [-0.4, -0.2) is 30.0 Å². The van der Waals surface area contributed by atoms with Gasteiger partial charge in [0.05, 0.1) is 0 Å². The number of piperidine rings is 1. The van der Waals surface area contributed by atoms with Crippen molar-refractivity contribution in [2.45, 2.75) is 31.7 Å². The molecule has 2 aromatic rings. The maximum Gasteiger partial charge on any atom is 0.220 e. The third-order valence-electron chi connectivity index (χ3n) is 4.51. The fourth-order valence-electron chi connectivity index (χ4n) is 3.10. The number of halogens is 2. The summed E-state index contributed by atoms with van der Waals surface area (Å²) >= 11 is 0. The lowest BCUT2D eigenvalue weighted by Gasteiger charge is -2.33. The summed E-state index contributed by atoms with van der Waals surface area (Å²) in [5, 5.41) is 3.15. The van der Waals surface area contributed by atoms with Crippen molar-refractivity contribution in [3.63, 3.8) is 0 Å². The molecule has 0 bridgehead atoms. The molecule has 1 saturated heterocycles. The van der Waals surface area contributed by atoms with E-state index in [9.17, 15) is 4.79 Å². The van der Waals surface area contributed by atoms with E-state index in [0.29, 0.717) is 12.8 Å². The zero-order chi connectivity index (χ0) is 16.8. The van der Waals surface area contributed by atoms with Crippen LogP contribution < -0.4 is 16.0 Å². The predicted molar refractivity (Wildman–Crippen MR) is 111 cm³/mol. The average molecular weight is 397 g/mol. The quantitative estimate of drug-likeness (QED) is 0.760. The van der Waals surface area contributed by atoms with Crippen LogP contribution in [-0.2, 0) is 11.2 Å². The molecule has 7 heteroatoms. The van der Waals surface area contributed by atoms with Crippen molar-refractivity contribution in [1.29, 1.82) is 0 Å². The number of anilines is 2. The number of carbonyl (C=O) groups excluding carboxylic acids is 1. The smallest absolute Gasteiger partial charge is 0.220 e. The van der Waals surface area contributed by atoms with Crippen molar-refractivity contribution in [2.24, 2.45) is 0 Å². The Labute approximate surface area is 167 Å². The Hall–Kier alpha value is -1.98. The van der Waals surface area contributed by atoms with Gasteiger partial charge in [-0.15, -0.1) is 24.8 Å². The molecule has 3 rings (SSSR count). The first kappa shape index (κ1) is 22.1. The number of aromatic nitrogens is 1. The van der Waals surface area contributed by atoms with E-state index in [0.717, 1.165) is 43.0 Å². The molecule has 1 aromatic heterocycles. The van der Waals surface area contributed by atoms with Gasteiger partial charge in [0, 0.05) is 37.4 Å². The van der Waals surface area contributed by atoms with Gasteiger partial charge < -0.3 is 16.0 Å². The molecule has 1 fully saturated rings. The molecule has 0 spiro atoms. The van der Waals surface area contributed by atoms with Crippen LogP contribution in [0.2, 0.25) is 0 Å². The number of nitrogens with two attached hydrogens (primary N) is 1. The second kappa shape index (κ2) is 10.9. The summed E-state index contributed by atoms with van der Waals surface area (Å²) in [6.45, 7) is 1.85. The number of hydrogen-bond donors (Lipinski definition) is 2. The third kappa shape index (κ3) is 6.07. The number of amides is 1. The Morgan fingerprint density at radius 3 is 2.46 bits per heavy atom. The van der Waals surface area contributed by atoms with Gasteiger partial charge in [0.15, 0.2) is 0 Å². The molecule has 0 atom stereocenters. The second-order valence-corrected chi connectivity index (χ2v) is 6.22. The summed E-state index contributed by atoms with van der Waals surface area (Å²) in [5.41, 5.74) is 7.72. The fraction of sp³-hybridized carbons (Fsp3) is 0.368. The summed E-state index contributed by atoms with van der Waals surface area (Å²) in [5.74, 6) is 1.12. The van der Waals surface area contributed by atoms with Gasteiger partial charge in [-0.3, -0.25) is 4.79 Å². The number of benzene rings is 1. The highest BCUT2D eigenvalue weighted by Gasteiger charge is 2.21. The van der Waals surface area contributed by atoms with E-state index >= 15 is 0 Å². The molecule has 3 N–H and O–H groups in total. The van der Waals surface area contributed by atoms with Crippen molar-refractivity contribution in [3.05, 3.63) is 54.2 Å². The van der Waals surface area contributed by atoms with Gasteiger partial charge in [-0.1, -0.05) is 24.3 Å². The van der Waals surface area contributed by atoms with Gasteiger partial charge in [-0.2, -0.15) is 0 Å². The normalized spacial score (nSPS) is 14.1. The summed E-state index contributed by atoms with van der Waals surface area (Å²) in [6, 6.07) is 13.9. The predicted octanol–water partition coefficient (Wildman–Crippen LogP) is 3.23. The zero-order valence-corrected chi connectivity index (χ0v) is 16.3. The van der Waals surface area contributed by atoms with Gasteiger partial charge in [-0.25, -0.2) is 4.98 Å². The van der Waals surface area contributed by atoms with Gasteiger partial charge >= 0.3 is 0 Å². The lowest BCUT2D eigenvalue weighted by atomic mass is 10.0. The third-order valence-corrected chi connectivity index (χ3v) is 4.51. The number of pyridine rings is 1. The average Bonchev–Trinajstić information content (AvgIpc) is 2.62. The van der Waals surface area contributed by atoms with Crippen LogP contribution in [0.25, 0.3) is 0 Å². The summed E-state index contributed by atoms with van der Waals surface area (Å²) in [4.78, 5) is 18.8. The van der Waals surface area contributed by atoms with Crippen LogP contribution in [0.5, 0.6) is 0 Å². The van der Waals surface area contributed by atoms with Crippen molar-refractivity contribution in [2.75, 3.05) is 23.7 Å². The van der Waals surface area contributed by atoms with E-state index in [-0.39, 0.29) is 36.8 Å². The number of carbonyl (C=O) groups is 1. The molecule has 1 aliphatic rings. The molecule has 1 aliphatic heterocycles. The first-order valence-corrected chi connectivity index (χ1v) is 8.51. The molecule has 26 heavy (non-hydrogen) atoms. The molecule has 2 heterocycles. The maximum atomic E-state index is 12.2. The van der Waals surface area contributed by atoms with Crippen LogP contribution in [0.15, 0.2) is 48.7 Å². The molecule has 5 nitrogen and oxygen atoms in total. The number of rotatable bonds is 5. The lowest BCUT2D eigenvalue weighted by Crippen LogP contribution is -2.45. The number of hydrogen-bond acceptors (Lipinski definition) is 4. The van der Waals surface area contributed by atoms with Gasteiger partial charge in [0.25, 0.3) is 0 Å². The monoisotopic (exact) mass is 396 g/mol. The number of para-hydroxylation sites is 1. The SMILES string of the molecule is Cl.Cl.Nc1ccccc1CCC(=O)NC1CCN(c2ccccn2)CC1. The molecular formula is C19H26Cl2N4O. The van der Waals surface area contributed by atoms with Crippen molar-refractivity contribution < 1.29 is 4.79 Å². The van der Waals surface area contributed by atoms with E-state index < -0.39 is 0 Å². The van der Waals surface area contributed by atoms with Gasteiger partial charge in [-0.05, 0) is 43.0 Å². The Kier molecular flexibility index (Phi) is 9.24. The molecule has 0 radical (unpaired) electrons. The minimum atomic E-state index is 0. The largest absolute Gasteiger partial charge is 0.399 e. The van der Waals surface area contributed by atoms with Crippen LogP contribution in [0.1, 0.15) is 24.8 Å². The van der Waals surface area contributed by atoms with Crippen LogP contribution >= 0.6 is 24.8 Å². The first-order valence-electron chi connectivity index (χ1n) is 8.51. The Morgan fingerprint density at radius 1 is 1.12 bits per heavy atom. The molecular weight excluding hydrogens is 371 g/mol. The lowest BCUT2D eigenvalue weighted by molar-refractivity contribution is -0.121. The van der Waals surface area contributed by atoms with Crippen molar-refractivity contribution in [1.82, 2.24) is 10.3 Å². The van der Waals surface area contributed by atoms with E-state index in [1.165, 1.54) is 0 Å². The fourth-order valence-corrected chi connectivity index (χ4v) is 3.10. The molecule has 0 aliphatic carbocycles. The Morgan fingerprint density at radius 2 is 1.81 bits per heavy atom. The van der Waals surface area contributed by atoms with Crippen LogP contribution in [0, 0.1) is 0 Å². The number of nitrogens with one attached hydrogen (secondary N) is 1. The molecule has 0 unspecified atom stereocenters. The Balaban J connectivity index is 0.00000169. The van der Waals surface area contributed by atoms with E-state index in [1.54, 1.807) is 0 Å². The Bertz CT molecular complexity index is 676. The summed E-state index contributed by atoms with van der Waals surface area (Å²) < 4.78 is 0. The number of nitrogens with zero attached hydrogens (tertiary/aromatic N) is 2. The maximum absolute atomic E-state index is 12.2. The van der Waals surface area contributed by atoms with Crippen LogP contribution in [0.3, 0.4) is 0 Å². The standard InChI is InChI=1S/C19H24N4O.2ClH/c20-17-6-2-1-5-15(17)8-9-19(24)22-16-10-13-23(14-11-16)18-7-3-4-12-21-18;;/h1-7,12,16H,8-11,13-14,20H2,(H,22,24);2*1H. The minimum Gasteiger partial charge on any atom is -0.399 e. The van der Waals surface area contributed by atoms with E-state index in [2.05, 4.69) is 15.2 Å². The summed E-state index contributed by atoms with van der Waals surface area (Å²) in [6.07, 6.45) is 4.89. The molecule has 1 amide bonds. The van der Waals surface area contributed by atoms with E-state index in [1.807, 2.05) is 48.7 Å². The number of aryl methyl sites for hydroxylation is 1. The minimum absolute atomic E-state index is 0. The van der Waals surface area contributed by atoms with Gasteiger partial charge in [0.2, 0.25) is 5.91 Å². The zero-order valence-electron chi connectivity index (χ0n) is 14.6. The summed E-state index contributed by atoms with van der Waals surface area (Å²) in [7, 11) is 0. The van der Waals surface area contributed by atoms with Crippen LogP contribution in [0.4, 0.5) is 11.5 Å². The van der Waals surface area contributed by atoms with Crippen molar-refractivity contribution >= 4 is 42.2 Å². The highest BCUT2D eigenvalue weighted by molar-refractivity contribution is 5.85. The highest BCUT2D eigenvalue weighted by Crippen LogP contribution is 2.17. The molecule has 142 valence electrons. The number of nitrogen functional groups attached to an aromatic ring is 1. The highest BCUT2D eigenvalue weighted by atomic mass is 35.5. The molecule has 0 saturated carbocycles. The topological polar surface area (TPSA) is 71.2 Å². The second-order valence-electron chi connectivity index (χ2n) is 6.22. The first-order chi connectivity index (χ1) is 11.7. The van der Waals surface area contributed by atoms with E-state index in [4.69, 9.17) is 5.73 Å². The molecule has 1 aromatic carbocycles.